The van der Waals surface area contributed by atoms with Gasteiger partial charge in [0, 0.05) is 23.4 Å². The van der Waals surface area contributed by atoms with Gasteiger partial charge in [0.25, 0.3) is 5.91 Å². The van der Waals surface area contributed by atoms with Crippen LogP contribution in [0.3, 0.4) is 0 Å². The largest absolute Gasteiger partial charge is 0.339 e. The minimum absolute atomic E-state index is 0.183. The van der Waals surface area contributed by atoms with E-state index in [4.69, 9.17) is 4.52 Å². The molecule has 1 aliphatic rings. The van der Waals surface area contributed by atoms with Crippen LogP contribution in [0.15, 0.2) is 41.2 Å². The number of hydrogen-bond acceptors (Lipinski definition) is 7. The highest BCUT2D eigenvalue weighted by Gasteiger charge is 2.43. The zero-order chi connectivity index (χ0) is 23.3. The van der Waals surface area contributed by atoms with Crippen LogP contribution < -0.4 is 5.32 Å². The first-order valence-electron chi connectivity index (χ1n) is 10.6. The standard InChI is InChI=1S/C23H21FN6O3/c1-11(2)23(32)30-19-7-14(9-25-18(19)10-26-30)21(31)27-17-6-13(5-4-12(17)3)20-28-22(33-29-20)15-8-16(15)24/h4-7,9-11,15-16H,8H2,1-3H3,(H,27,31)/t15-,16-/m0/s1. The Balaban J connectivity index is 1.41. The summed E-state index contributed by atoms with van der Waals surface area (Å²) in [4.78, 5) is 33.9. The first-order chi connectivity index (χ1) is 15.8. The van der Waals surface area contributed by atoms with Crippen LogP contribution in [-0.2, 0) is 0 Å². The van der Waals surface area contributed by atoms with Crippen LogP contribution in [0, 0.1) is 12.8 Å². The van der Waals surface area contributed by atoms with Crippen molar-refractivity contribution in [2.24, 2.45) is 5.92 Å². The van der Waals surface area contributed by atoms with Gasteiger partial charge in [0.05, 0.1) is 23.2 Å². The molecule has 0 unspecified atom stereocenters. The molecule has 1 amide bonds. The molecular formula is C23H21FN6O3. The van der Waals surface area contributed by atoms with Crippen LogP contribution in [0.4, 0.5) is 10.1 Å². The molecule has 1 aliphatic carbocycles. The average Bonchev–Trinajstić information content (AvgIpc) is 3.18. The molecule has 10 heteroatoms. The van der Waals surface area contributed by atoms with Gasteiger partial charge in [-0.15, -0.1) is 0 Å². The maximum Gasteiger partial charge on any atom is 0.257 e. The van der Waals surface area contributed by atoms with Gasteiger partial charge in [-0.25, -0.2) is 4.39 Å². The average molecular weight is 448 g/mol. The van der Waals surface area contributed by atoms with Gasteiger partial charge in [-0.2, -0.15) is 14.8 Å². The highest BCUT2D eigenvalue weighted by Crippen LogP contribution is 2.43. The van der Waals surface area contributed by atoms with Gasteiger partial charge in [0.15, 0.2) is 0 Å². The fraction of sp³-hybridized carbons (Fsp3) is 0.304. The number of pyridine rings is 1. The number of nitrogens with zero attached hydrogens (tertiary/aromatic N) is 5. The van der Waals surface area contributed by atoms with Crippen molar-refractivity contribution in [3.05, 3.63) is 53.7 Å². The molecule has 0 spiro atoms. The number of halogens is 1. The quantitative estimate of drug-likeness (QED) is 0.487. The van der Waals surface area contributed by atoms with Crippen LogP contribution in [0.2, 0.25) is 0 Å². The van der Waals surface area contributed by atoms with Gasteiger partial charge in [-0.05, 0) is 31.0 Å². The lowest BCUT2D eigenvalue weighted by atomic mass is 10.1. The van der Waals surface area contributed by atoms with E-state index in [0.717, 1.165) is 5.56 Å². The Kier molecular flexibility index (Phi) is 4.99. The van der Waals surface area contributed by atoms with E-state index in [2.05, 4.69) is 25.5 Å². The predicted molar refractivity (Wildman–Crippen MR) is 118 cm³/mol. The van der Waals surface area contributed by atoms with E-state index in [1.165, 1.54) is 17.1 Å². The van der Waals surface area contributed by atoms with Crippen molar-refractivity contribution >= 4 is 28.5 Å². The molecule has 4 aromatic rings. The van der Waals surface area contributed by atoms with Crippen molar-refractivity contribution < 1.29 is 18.5 Å². The number of amides is 1. The number of fused-ring (bicyclic) bond motifs is 1. The minimum atomic E-state index is -0.927. The molecular weight excluding hydrogens is 427 g/mol. The molecule has 0 saturated heterocycles. The van der Waals surface area contributed by atoms with Crippen molar-refractivity contribution in [2.75, 3.05) is 5.32 Å². The number of alkyl halides is 1. The summed E-state index contributed by atoms with van der Waals surface area (Å²) in [6.45, 7) is 5.42. The van der Waals surface area contributed by atoms with E-state index < -0.39 is 6.17 Å². The maximum absolute atomic E-state index is 13.3. The van der Waals surface area contributed by atoms with Crippen molar-refractivity contribution in [1.29, 1.82) is 0 Å². The van der Waals surface area contributed by atoms with Gasteiger partial charge in [0.2, 0.25) is 17.6 Å². The molecule has 2 atom stereocenters. The van der Waals surface area contributed by atoms with Crippen molar-refractivity contribution in [2.45, 2.75) is 39.3 Å². The SMILES string of the molecule is Cc1ccc(-c2noc([C@H]3C[C@@H]3F)n2)cc1NC(=O)c1cnc2cnn(C(=O)C(C)C)c2c1. The van der Waals surface area contributed by atoms with E-state index in [1.807, 2.05) is 19.1 Å². The molecule has 9 nitrogen and oxygen atoms in total. The molecule has 5 rings (SSSR count). The van der Waals surface area contributed by atoms with Crippen LogP contribution in [0.1, 0.15) is 52.8 Å². The Labute approximate surface area is 188 Å². The Morgan fingerprint density at radius 2 is 2.03 bits per heavy atom. The second-order valence-corrected chi connectivity index (χ2v) is 8.48. The summed E-state index contributed by atoms with van der Waals surface area (Å²) >= 11 is 0. The van der Waals surface area contributed by atoms with Gasteiger partial charge in [-0.3, -0.25) is 14.6 Å². The van der Waals surface area contributed by atoms with E-state index in [1.54, 1.807) is 26.0 Å². The number of hydrogen-bond donors (Lipinski definition) is 1. The minimum Gasteiger partial charge on any atom is -0.339 e. The lowest BCUT2D eigenvalue weighted by Crippen LogP contribution is -2.18. The molecule has 1 aromatic carbocycles. The van der Waals surface area contributed by atoms with Gasteiger partial charge < -0.3 is 9.84 Å². The Bertz CT molecular complexity index is 1390. The second-order valence-electron chi connectivity index (χ2n) is 8.48. The highest BCUT2D eigenvalue weighted by atomic mass is 19.1. The number of nitrogens with one attached hydrogen (secondary N) is 1. The van der Waals surface area contributed by atoms with Crippen molar-refractivity contribution in [3.8, 4) is 11.4 Å². The Morgan fingerprint density at radius 3 is 2.76 bits per heavy atom. The smallest absolute Gasteiger partial charge is 0.257 e. The predicted octanol–water partition coefficient (Wildman–Crippen LogP) is 4.16. The van der Waals surface area contributed by atoms with Crippen LogP contribution in [0.25, 0.3) is 22.4 Å². The first kappa shape index (κ1) is 20.9. The molecule has 0 aliphatic heterocycles. The number of benzene rings is 1. The molecule has 3 heterocycles. The number of carbonyl (C=O) groups is 2. The fourth-order valence-corrected chi connectivity index (χ4v) is 3.46. The normalized spacial score (nSPS) is 17.5. The number of aryl methyl sites for hydroxylation is 1. The van der Waals surface area contributed by atoms with Crippen LogP contribution >= 0.6 is 0 Å². The van der Waals surface area contributed by atoms with Gasteiger partial charge in [-0.1, -0.05) is 31.1 Å². The third-order valence-corrected chi connectivity index (χ3v) is 5.60. The summed E-state index contributed by atoms with van der Waals surface area (Å²) in [5, 5.41) is 10.9. The van der Waals surface area contributed by atoms with Gasteiger partial charge >= 0.3 is 0 Å². The van der Waals surface area contributed by atoms with Crippen molar-refractivity contribution in [1.82, 2.24) is 24.9 Å². The number of carbonyl (C=O) groups excluding carboxylic acids is 2. The zero-order valence-electron chi connectivity index (χ0n) is 18.2. The van der Waals surface area contributed by atoms with E-state index in [-0.39, 0.29) is 35.1 Å². The number of aromatic nitrogens is 5. The topological polar surface area (TPSA) is 116 Å². The van der Waals surface area contributed by atoms with E-state index in [9.17, 15) is 14.0 Å². The molecule has 3 aromatic heterocycles. The summed E-state index contributed by atoms with van der Waals surface area (Å²) in [5.74, 6) is -0.528. The lowest BCUT2D eigenvalue weighted by molar-refractivity contribution is 0.0844. The Hall–Kier alpha value is -3.95. The molecule has 1 fully saturated rings. The molecule has 168 valence electrons. The second kappa shape index (κ2) is 7.88. The monoisotopic (exact) mass is 448 g/mol. The van der Waals surface area contributed by atoms with E-state index in [0.29, 0.717) is 34.5 Å². The fourth-order valence-electron chi connectivity index (χ4n) is 3.46. The third kappa shape index (κ3) is 3.88. The summed E-state index contributed by atoms with van der Waals surface area (Å²) in [5.41, 5.74) is 3.31. The van der Waals surface area contributed by atoms with Gasteiger partial charge in [0.1, 0.15) is 11.7 Å². The molecule has 33 heavy (non-hydrogen) atoms. The van der Waals surface area contributed by atoms with Crippen LogP contribution in [0.5, 0.6) is 0 Å². The summed E-state index contributed by atoms with van der Waals surface area (Å²) in [7, 11) is 0. The summed E-state index contributed by atoms with van der Waals surface area (Å²) < 4.78 is 19.7. The summed E-state index contributed by atoms with van der Waals surface area (Å²) in [6.07, 6.45) is 2.41. The zero-order valence-corrected chi connectivity index (χ0v) is 18.2. The maximum atomic E-state index is 13.3. The number of rotatable bonds is 5. The molecule has 1 saturated carbocycles. The summed E-state index contributed by atoms with van der Waals surface area (Å²) in [6, 6.07) is 6.97. The Morgan fingerprint density at radius 1 is 1.24 bits per heavy atom. The van der Waals surface area contributed by atoms with Crippen molar-refractivity contribution in [3.63, 3.8) is 0 Å². The molecule has 1 N–H and O–H groups in total. The lowest BCUT2D eigenvalue weighted by Gasteiger charge is -2.10. The first-order valence-corrected chi connectivity index (χ1v) is 10.6. The molecule has 0 bridgehead atoms. The highest BCUT2D eigenvalue weighted by molar-refractivity contribution is 6.06. The van der Waals surface area contributed by atoms with Crippen LogP contribution in [-0.4, -0.2) is 42.9 Å². The molecule has 0 radical (unpaired) electrons. The number of anilines is 1. The third-order valence-electron chi connectivity index (χ3n) is 5.60. The van der Waals surface area contributed by atoms with E-state index >= 15 is 0 Å².